The van der Waals surface area contributed by atoms with Crippen LogP contribution in [0.4, 0.5) is 0 Å². The normalized spacial score (nSPS) is 11.5. The molecule has 0 aliphatic heterocycles. The molecule has 0 aromatic heterocycles. The van der Waals surface area contributed by atoms with Crippen molar-refractivity contribution in [1.29, 1.82) is 0 Å². The summed E-state index contributed by atoms with van der Waals surface area (Å²) in [5.41, 5.74) is 3.00. The molecule has 0 saturated heterocycles. The summed E-state index contributed by atoms with van der Waals surface area (Å²) in [7, 11) is 1.60. The molecule has 6 heteroatoms. The quantitative estimate of drug-likeness (QED) is 0.589. The zero-order chi connectivity index (χ0) is 22.8. The van der Waals surface area contributed by atoms with Crippen molar-refractivity contribution in [2.24, 2.45) is 0 Å². The molecule has 168 valence electrons. The van der Waals surface area contributed by atoms with E-state index in [0.717, 1.165) is 23.1 Å². The smallest absolute Gasteiger partial charge is 0.261 e. The molecule has 2 rings (SSSR count). The highest BCUT2D eigenvalue weighted by molar-refractivity contribution is 5.88. The minimum absolute atomic E-state index is 0.134. The first-order valence-electron chi connectivity index (χ1n) is 10.8. The van der Waals surface area contributed by atoms with Gasteiger partial charge in [0.1, 0.15) is 17.5 Å². The maximum atomic E-state index is 13.2. The summed E-state index contributed by atoms with van der Waals surface area (Å²) in [6.07, 6.45) is 1.34. The highest BCUT2D eigenvalue weighted by Gasteiger charge is 2.29. The van der Waals surface area contributed by atoms with Gasteiger partial charge in [-0.1, -0.05) is 43.7 Å². The summed E-state index contributed by atoms with van der Waals surface area (Å²) < 4.78 is 11.1. The van der Waals surface area contributed by atoms with Crippen LogP contribution in [0.3, 0.4) is 0 Å². The van der Waals surface area contributed by atoms with Crippen molar-refractivity contribution in [2.75, 3.05) is 20.3 Å². The molecular weight excluding hydrogens is 392 g/mol. The molecular formula is C25H34N2O4. The molecule has 0 aliphatic rings. The molecule has 0 heterocycles. The number of methoxy groups -OCH3 is 1. The molecule has 1 atom stereocenters. The Bertz CT molecular complexity index is 882. The zero-order valence-electron chi connectivity index (χ0n) is 19.2. The average Bonchev–Trinajstić information content (AvgIpc) is 2.76. The van der Waals surface area contributed by atoms with E-state index in [-0.39, 0.29) is 18.4 Å². The van der Waals surface area contributed by atoms with E-state index in [0.29, 0.717) is 31.0 Å². The number of carbonyl (C=O) groups is 2. The lowest BCUT2D eigenvalue weighted by molar-refractivity contribution is -0.143. The summed E-state index contributed by atoms with van der Waals surface area (Å²) in [6.45, 7) is 8.61. The third kappa shape index (κ3) is 7.02. The van der Waals surface area contributed by atoms with Gasteiger partial charge < -0.3 is 19.7 Å². The minimum Gasteiger partial charge on any atom is -0.497 e. The molecule has 0 fully saturated rings. The highest BCUT2D eigenvalue weighted by atomic mass is 16.5. The van der Waals surface area contributed by atoms with Crippen LogP contribution in [-0.4, -0.2) is 43.0 Å². The van der Waals surface area contributed by atoms with E-state index in [2.05, 4.69) is 5.32 Å². The molecule has 1 N–H and O–H groups in total. The van der Waals surface area contributed by atoms with Crippen molar-refractivity contribution in [3.63, 3.8) is 0 Å². The number of nitrogens with zero attached hydrogens (tertiary/aromatic N) is 1. The second kappa shape index (κ2) is 12.0. The first-order chi connectivity index (χ1) is 14.9. The minimum atomic E-state index is -0.576. The fraction of sp³-hybridized carbons (Fsp3) is 0.440. The van der Waals surface area contributed by atoms with Gasteiger partial charge in [-0.05, 0) is 56.0 Å². The second-order valence-electron chi connectivity index (χ2n) is 7.65. The van der Waals surface area contributed by atoms with Crippen LogP contribution in [0.25, 0.3) is 0 Å². The van der Waals surface area contributed by atoms with Gasteiger partial charge in [0.05, 0.1) is 7.11 Å². The van der Waals surface area contributed by atoms with Gasteiger partial charge in [-0.25, -0.2) is 0 Å². The fourth-order valence-electron chi connectivity index (χ4n) is 3.44. The van der Waals surface area contributed by atoms with Crippen LogP contribution in [0.2, 0.25) is 0 Å². The molecule has 6 nitrogen and oxygen atoms in total. The van der Waals surface area contributed by atoms with Gasteiger partial charge >= 0.3 is 0 Å². The predicted molar refractivity (Wildman–Crippen MR) is 122 cm³/mol. The fourth-order valence-corrected chi connectivity index (χ4v) is 3.44. The average molecular weight is 427 g/mol. The number of rotatable bonds is 11. The lowest BCUT2D eigenvalue weighted by Gasteiger charge is -2.30. The van der Waals surface area contributed by atoms with E-state index < -0.39 is 6.04 Å². The van der Waals surface area contributed by atoms with Crippen LogP contribution in [-0.2, 0) is 16.1 Å². The van der Waals surface area contributed by atoms with E-state index in [1.165, 1.54) is 0 Å². The Kier molecular flexibility index (Phi) is 9.38. The Morgan fingerprint density at radius 2 is 1.87 bits per heavy atom. The van der Waals surface area contributed by atoms with Crippen LogP contribution in [0.15, 0.2) is 42.5 Å². The monoisotopic (exact) mass is 426 g/mol. The summed E-state index contributed by atoms with van der Waals surface area (Å²) in [5.74, 6) is 0.997. The Hall–Kier alpha value is -3.02. The molecule has 0 aliphatic carbocycles. The number of nitrogens with one attached hydrogen (secondary N) is 1. The van der Waals surface area contributed by atoms with Gasteiger partial charge in [-0.15, -0.1) is 0 Å². The standard InChI is InChI=1S/C25H34N2O4/c1-6-13-26-25(29)22(7-2)27(16-20-9-8-10-21(15-20)30-5)24(28)17-31-23-12-11-18(3)14-19(23)4/h8-12,14-15,22H,6-7,13,16-17H2,1-5H3,(H,26,29). The van der Waals surface area contributed by atoms with Crippen molar-refractivity contribution in [2.45, 2.75) is 53.1 Å². The third-order valence-electron chi connectivity index (χ3n) is 5.10. The number of hydrogen-bond acceptors (Lipinski definition) is 4. The maximum Gasteiger partial charge on any atom is 0.261 e. The second-order valence-corrected chi connectivity index (χ2v) is 7.65. The van der Waals surface area contributed by atoms with Crippen LogP contribution in [0, 0.1) is 13.8 Å². The van der Waals surface area contributed by atoms with Crippen molar-refractivity contribution in [3.05, 3.63) is 59.2 Å². The molecule has 2 aromatic carbocycles. The number of ether oxygens (including phenoxy) is 2. The summed E-state index contributed by atoms with van der Waals surface area (Å²) in [4.78, 5) is 27.6. The van der Waals surface area contributed by atoms with E-state index >= 15 is 0 Å². The van der Waals surface area contributed by atoms with Crippen LogP contribution in [0.5, 0.6) is 11.5 Å². The third-order valence-corrected chi connectivity index (χ3v) is 5.10. The Morgan fingerprint density at radius 3 is 2.52 bits per heavy atom. The zero-order valence-corrected chi connectivity index (χ0v) is 19.2. The topological polar surface area (TPSA) is 67.9 Å². The van der Waals surface area contributed by atoms with Crippen LogP contribution in [0.1, 0.15) is 43.4 Å². The lowest BCUT2D eigenvalue weighted by atomic mass is 10.1. The van der Waals surface area contributed by atoms with Crippen molar-refractivity contribution < 1.29 is 19.1 Å². The van der Waals surface area contributed by atoms with Gasteiger partial charge in [0.15, 0.2) is 6.61 Å². The molecule has 1 unspecified atom stereocenters. The Morgan fingerprint density at radius 1 is 1.10 bits per heavy atom. The molecule has 2 aromatic rings. The molecule has 0 bridgehead atoms. The Balaban J connectivity index is 2.23. The van der Waals surface area contributed by atoms with E-state index in [1.807, 2.05) is 70.2 Å². The summed E-state index contributed by atoms with van der Waals surface area (Å²) in [6, 6.07) is 12.8. The molecule has 0 saturated carbocycles. The number of amides is 2. The number of aryl methyl sites for hydroxylation is 2. The van der Waals surface area contributed by atoms with Gasteiger partial charge in [-0.2, -0.15) is 0 Å². The largest absolute Gasteiger partial charge is 0.497 e. The van der Waals surface area contributed by atoms with Gasteiger partial charge in [0.25, 0.3) is 5.91 Å². The SMILES string of the molecule is CCCNC(=O)C(CC)N(Cc1cccc(OC)c1)C(=O)COc1ccc(C)cc1C. The van der Waals surface area contributed by atoms with Gasteiger partial charge in [0, 0.05) is 13.1 Å². The molecule has 31 heavy (non-hydrogen) atoms. The lowest BCUT2D eigenvalue weighted by Crippen LogP contribution is -2.50. The van der Waals surface area contributed by atoms with E-state index in [4.69, 9.17) is 9.47 Å². The Labute approximate surface area is 185 Å². The molecule has 0 spiro atoms. The highest BCUT2D eigenvalue weighted by Crippen LogP contribution is 2.20. The van der Waals surface area contributed by atoms with Gasteiger partial charge in [0.2, 0.25) is 5.91 Å². The van der Waals surface area contributed by atoms with E-state index in [9.17, 15) is 9.59 Å². The molecule has 0 radical (unpaired) electrons. The van der Waals surface area contributed by atoms with Crippen molar-refractivity contribution >= 4 is 11.8 Å². The van der Waals surface area contributed by atoms with Gasteiger partial charge in [-0.3, -0.25) is 9.59 Å². The first-order valence-corrected chi connectivity index (χ1v) is 10.8. The van der Waals surface area contributed by atoms with Crippen LogP contribution < -0.4 is 14.8 Å². The number of benzene rings is 2. The van der Waals surface area contributed by atoms with Crippen molar-refractivity contribution in [1.82, 2.24) is 10.2 Å². The summed E-state index contributed by atoms with van der Waals surface area (Å²) >= 11 is 0. The van der Waals surface area contributed by atoms with Crippen LogP contribution >= 0.6 is 0 Å². The molecule has 2 amide bonds. The maximum absolute atomic E-state index is 13.2. The predicted octanol–water partition coefficient (Wildman–Crippen LogP) is 4.02. The number of carbonyl (C=O) groups excluding carboxylic acids is 2. The number of hydrogen-bond donors (Lipinski definition) is 1. The van der Waals surface area contributed by atoms with E-state index in [1.54, 1.807) is 12.0 Å². The first kappa shape index (κ1) is 24.3. The van der Waals surface area contributed by atoms with Crippen molar-refractivity contribution in [3.8, 4) is 11.5 Å². The summed E-state index contributed by atoms with van der Waals surface area (Å²) in [5, 5.41) is 2.92.